The Morgan fingerprint density at radius 3 is 2.47 bits per heavy atom. The Morgan fingerprint density at radius 2 is 1.89 bits per heavy atom. The summed E-state index contributed by atoms with van der Waals surface area (Å²) >= 11 is 0. The summed E-state index contributed by atoms with van der Waals surface area (Å²) in [6.07, 6.45) is 3.88. The Bertz CT molecular complexity index is 1180. The summed E-state index contributed by atoms with van der Waals surface area (Å²) < 4.78 is 11.9. The fourth-order valence-corrected chi connectivity index (χ4v) is 5.80. The molecular weight excluding hydrogens is 592 g/mol. The average Bonchev–Trinajstić information content (AvgIpc) is 2.96. The van der Waals surface area contributed by atoms with Crippen LogP contribution in [-0.4, -0.2) is 80.0 Å². The van der Waals surface area contributed by atoms with E-state index in [4.69, 9.17) is 9.16 Å². The van der Waals surface area contributed by atoms with Gasteiger partial charge in [0.2, 0.25) is 20.1 Å². The number of carboxylic acids is 1. The second-order valence-corrected chi connectivity index (χ2v) is 18.4. The Balaban J connectivity index is 2.32. The van der Waals surface area contributed by atoms with Crippen LogP contribution in [0.15, 0.2) is 36.9 Å². The van der Waals surface area contributed by atoms with Gasteiger partial charge >= 0.3 is 5.97 Å². The number of rotatable bonds is 16. The predicted molar refractivity (Wildman–Crippen MR) is 177 cm³/mol. The highest BCUT2D eigenvalue weighted by molar-refractivity contribution is 6.74. The molecule has 1 aliphatic rings. The van der Waals surface area contributed by atoms with Crippen LogP contribution in [0.25, 0.3) is 0 Å². The van der Waals surface area contributed by atoms with Gasteiger partial charge in [0.25, 0.3) is 5.91 Å². The second kappa shape index (κ2) is 16.9. The molecule has 252 valence electrons. The zero-order valence-electron chi connectivity index (χ0n) is 28.3. The lowest BCUT2D eigenvalue weighted by Gasteiger charge is -2.36. The van der Waals surface area contributed by atoms with Gasteiger partial charge < -0.3 is 24.9 Å². The summed E-state index contributed by atoms with van der Waals surface area (Å²) in [5.41, 5.74) is 3.57. The maximum Gasteiger partial charge on any atom is 0.322 e. The Hall–Kier alpha value is -3.22. The number of nitrogens with one attached hydrogen (secondary N) is 3. The van der Waals surface area contributed by atoms with E-state index < -0.39 is 44.2 Å². The van der Waals surface area contributed by atoms with E-state index in [0.29, 0.717) is 38.0 Å². The van der Waals surface area contributed by atoms with Crippen LogP contribution in [0.4, 0.5) is 0 Å². The molecule has 0 unspecified atom stereocenters. The quantitative estimate of drug-likeness (QED) is 0.155. The van der Waals surface area contributed by atoms with Crippen LogP contribution in [0.5, 0.6) is 5.75 Å². The first-order valence-electron chi connectivity index (χ1n) is 15.8. The molecule has 1 saturated heterocycles. The average molecular weight is 647 g/mol. The second-order valence-electron chi connectivity index (χ2n) is 13.6. The third kappa shape index (κ3) is 11.6. The first-order valence-corrected chi connectivity index (χ1v) is 18.7. The van der Waals surface area contributed by atoms with E-state index in [-0.39, 0.29) is 35.8 Å². The smallest absolute Gasteiger partial charge is 0.322 e. The van der Waals surface area contributed by atoms with Crippen molar-refractivity contribution in [1.82, 2.24) is 21.1 Å². The third-order valence-corrected chi connectivity index (χ3v) is 12.9. The number of carbonyl (C=O) groups is 4. The number of allylic oxidation sites excluding steroid dienone is 1. The molecule has 4 atom stereocenters. The number of aliphatic carboxylic acids is 1. The van der Waals surface area contributed by atoms with Gasteiger partial charge in [-0.25, -0.2) is 5.43 Å². The molecule has 3 amide bonds. The minimum Gasteiger partial charge on any atom is -0.543 e. The van der Waals surface area contributed by atoms with Crippen molar-refractivity contribution in [2.24, 2.45) is 5.92 Å². The number of benzene rings is 1. The summed E-state index contributed by atoms with van der Waals surface area (Å²) in [4.78, 5) is 52.2. The third-order valence-electron chi connectivity index (χ3n) is 8.59. The molecule has 2 rings (SSSR count). The molecule has 45 heavy (non-hydrogen) atoms. The van der Waals surface area contributed by atoms with Gasteiger partial charge in [0, 0.05) is 20.1 Å². The number of ether oxygens (including phenoxy) is 1. The van der Waals surface area contributed by atoms with Crippen molar-refractivity contribution in [2.45, 2.75) is 116 Å². The number of carbonyl (C=O) groups excluding carboxylic acids is 3. The fourth-order valence-electron chi connectivity index (χ4n) is 4.77. The van der Waals surface area contributed by atoms with Gasteiger partial charge in [-0.15, -0.1) is 6.58 Å². The van der Waals surface area contributed by atoms with Crippen molar-refractivity contribution in [2.75, 3.05) is 13.7 Å². The topological polar surface area (TPSA) is 146 Å². The lowest BCUT2D eigenvalue weighted by molar-refractivity contribution is -0.148. The zero-order chi connectivity index (χ0) is 33.9. The lowest BCUT2D eigenvalue weighted by atomic mass is 10.00. The summed E-state index contributed by atoms with van der Waals surface area (Å²) in [7, 11) is -0.591. The number of methoxy groups -OCH3 is 1. The van der Waals surface area contributed by atoms with E-state index in [0.717, 1.165) is 5.56 Å². The molecule has 0 spiro atoms. The minimum atomic E-state index is -2.13. The number of nitrogens with zero attached hydrogens (tertiary/aromatic N) is 1. The Kier molecular flexibility index (Phi) is 14.3. The highest BCUT2D eigenvalue weighted by Gasteiger charge is 2.39. The van der Waals surface area contributed by atoms with E-state index >= 15 is 0 Å². The summed E-state index contributed by atoms with van der Waals surface area (Å²) in [6, 6.07) is 4.65. The highest BCUT2D eigenvalue weighted by atomic mass is 28.4. The van der Waals surface area contributed by atoms with Crippen molar-refractivity contribution < 1.29 is 33.4 Å². The molecule has 1 aromatic carbocycles. The van der Waals surface area contributed by atoms with Crippen LogP contribution in [0.2, 0.25) is 18.1 Å². The van der Waals surface area contributed by atoms with E-state index in [9.17, 15) is 24.3 Å². The van der Waals surface area contributed by atoms with E-state index in [1.54, 1.807) is 13.2 Å². The van der Waals surface area contributed by atoms with Gasteiger partial charge in [0.05, 0.1) is 12.5 Å². The molecule has 1 fully saturated rings. The van der Waals surface area contributed by atoms with Crippen LogP contribution in [-0.2, 0) is 30.3 Å². The monoisotopic (exact) mass is 646 g/mol. The fraction of sp³-hybridized carbons (Fsp3) is 0.636. The van der Waals surface area contributed by atoms with Crippen molar-refractivity contribution in [3.8, 4) is 5.75 Å². The van der Waals surface area contributed by atoms with E-state index in [2.05, 4.69) is 56.5 Å². The molecule has 1 aliphatic heterocycles. The Labute approximate surface area is 269 Å². The summed E-state index contributed by atoms with van der Waals surface area (Å²) in [5.74, 6) is -1.92. The predicted octanol–water partition coefficient (Wildman–Crippen LogP) is 4.19. The van der Waals surface area contributed by atoms with Gasteiger partial charge in [-0.3, -0.25) is 24.2 Å². The van der Waals surface area contributed by atoms with Gasteiger partial charge in [-0.1, -0.05) is 52.8 Å². The maximum absolute atomic E-state index is 13.9. The van der Waals surface area contributed by atoms with Crippen molar-refractivity contribution in [3.63, 3.8) is 0 Å². The molecule has 0 aliphatic carbocycles. The van der Waals surface area contributed by atoms with Crippen LogP contribution in [0.1, 0.15) is 72.3 Å². The molecule has 0 aromatic heterocycles. The number of hydrogen-bond donors (Lipinski definition) is 4. The van der Waals surface area contributed by atoms with Crippen LogP contribution >= 0.6 is 0 Å². The van der Waals surface area contributed by atoms with Gasteiger partial charge in [-0.2, -0.15) is 0 Å². The SMILES string of the molecule is C=CCC[C@H](CC(=O)N[C@H](C(=O)N[C@@H](Cc1cccc(O[Si](C)(C)C(C)(C)C)c1)C(=O)N1CCC[C@@H](C(=O)O)N1)C(C)C)OC. The van der Waals surface area contributed by atoms with Gasteiger partial charge in [0.1, 0.15) is 23.9 Å². The van der Waals surface area contributed by atoms with Crippen LogP contribution < -0.4 is 20.5 Å². The molecule has 4 N–H and O–H groups in total. The normalized spacial score (nSPS) is 17.6. The number of hydrazine groups is 1. The van der Waals surface area contributed by atoms with Crippen molar-refractivity contribution in [1.29, 1.82) is 0 Å². The molecule has 1 heterocycles. The zero-order valence-corrected chi connectivity index (χ0v) is 29.3. The van der Waals surface area contributed by atoms with Crippen LogP contribution in [0, 0.1) is 5.92 Å². The molecule has 12 heteroatoms. The highest BCUT2D eigenvalue weighted by Crippen LogP contribution is 2.37. The maximum atomic E-state index is 13.9. The van der Waals surface area contributed by atoms with E-state index in [1.807, 2.05) is 38.1 Å². The molecular formula is C33H54N4O7Si. The number of carboxylic acid groups (broad SMARTS) is 1. The van der Waals surface area contributed by atoms with Crippen molar-refractivity contribution in [3.05, 3.63) is 42.5 Å². The number of hydrogen-bond acceptors (Lipinski definition) is 7. The standard InChI is InChI=1S/C33H54N4O7Si/c1-10-11-15-24(43-7)21-28(38)35-29(22(2)3)30(39)34-27(31(40)37-18-13-17-26(36-37)32(41)42)20-23-14-12-16-25(19-23)44-45(8,9)33(4,5)6/h10,12,14,16,19,22,24,26-27,29,36H,1,11,13,15,17-18,20-21H2,2-9H3,(H,34,39)(H,35,38)(H,41,42)/t24-,26+,27+,29+/m1/s1. The summed E-state index contributed by atoms with van der Waals surface area (Å²) in [5, 5.41) is 16.5. The first-order chi connectivity index (χ1) is 21.0. The molecule has 1 aromatic rings. The van der Waals surface area contributed by atoms with Crippen molar-refractivity contribution >= 4 is 32.0 Å². The molecule has 0 saturated carbocycles. The minimum absolute atomic E-state index is 0.0126. The van der Waals surface area contributed by atoms with E-state index in [1.165, 1.54) is 5.01 Å². The Morgan fingerprint density at radius 1 is 1.20 bits per heavy atom. The molecule has 0 radical (unpaired) electrons. The van der Waals surface area contributed by atoms with Gasteiger partial charge in [-0.05, 0) is 67.4 Å². The summed E-state index contributed by atoms with van der Waals surface area (Å²) in [6.45, 7) is 18.4. The number of amides is 3. The molecule has 11 nitrogen and oxygen atoms in total. The van der Waals surface area contributed by atoms with Gasteiger partial charge in [0.15, 0.2) is 0 Å². The largest absolute Gasteiger partial charge is 0.543 e. The van der Waals surface area contributed by atoms with Crippen LogP contribution in [0.3, 0.4) is 0 Å². The lowest BCUT2D eigenvalue weighted by Crippen LogP contribution is -2.62. The first kappa shape index (κ1) is 38.0. The molecule has 0 bridgehead atoms.